The summed E-state index contributed by atoms with van der Waals surface area (Å²) >= 11 is 0. The van der Waals surface area contributed by atoms with Crippen LogP contribution in [0.3, 0.4) is 0 Å². The summed E-state index contributed by atoms with van der Waals surface area (Å²) in [7, 11) is 1.75. The fraction of sp³-hybridized carbons (Fsp3) is 0.457. The van der Waals surface area contributed by atoms with Gasteiger partial charge in [0.1, 0.15) is 0 Å². The minimum Gasteiger partial charge on any atom is -0.398 e. The van der Waals surface area contributed by atoms with Crippen LogP contribution in [0.25, 0.3) is 5.57 Å². The van der Waals surface area contributed by atoms with Crippen molar-refractivity contribution in [1.82, 2.24) is 15.1 Å². The number of amidine groups is 1. The molecule has 2 amide bonds. The van der Waals surface area contributed by atoms with E-state index in [0.29, 0.717) is 75.9 Å². The van der Waals surface area contributed by atoms with Crippen molar-refractivity contribution >= 4 is 46.6 Å². The largest absolute Gasteiger partial charge is 0.398 e. The lowest BCUT2D eigenvalue weighted by molar-refractivity contribution is -0.132. The zero-order valence-electron chi connectivity index (χ0n) is 26.9. The van der Waals surface area contributed by atoms with Gasteiger partial charge in [-0.1, -0.05) is 30.3 Å². The smallest absolute Gasteiger partial charge is 0.237 e. The highest BCUT2D eigenvalue weighted by atomic mass is 16.5. The molecule has 2 fully saturated rings. The molecule has 3 aliphatic heterocycles. The summed E-state index contributed by atoms with van der Waals surface area (Å²) in [5, 5.41) is 19.6. The van der Waals surface area contributed by atoms with Crippen molar-refractivity contribution in [3.63, 3.8) is 0 Å². The molecular weight excluding hydrogens is 580 g/mol. The van der Waals surface area contributed by atoms with Gasteiger partial charge in [0.05, 0.1) is 18.8 Å². The van der Waals surface area contributed by atoms with Crippen LogP contribution in [0.4, 0.5) is 11.4 Å². The molecule has 244 valence electrons. The number of nitrogens with zero attached hydrogens (tertiary/aromatic N) is 4. The van der Waals surface area contributed by atoms with Gasteiger partial charge in [-0.15, -0.1) is 0 Å². The van der Waals surface area contributed by atoms with E-state index in [1.165, 1.54) is 11.9 Å². The van der Waals surface area contributed by atoms with Gasteiger partial charge in [0, 0.05) is 80.6 Å². The lowest BCUT2D eigenvalue weighted by Crippen LogP contribution is -2.42. The number of amides is 2. The topological polar surface area (TPSA) is 151 Å². The molecule has 2 aromatic carbocycles. The third-order valence-electron chi connectivity index (χ3n) is 9.24. The number of benzene rings is 2. The van der Waals surface area contributed by atoms with Crippen LogP contribution in [0.1, 0.15) is 49.3 Å². The second kappa shape index (κ2) is 15.3. The van der Waals surface area contributed by atoms with E-state index < -0.39 is 0 Å². The number of ether oxygens (including phenoxy) is 1. The summed E-state index contributed by atoms with van der Waals surface area (Å²) in [4.78, 5) is 36.8. The molecule has 0 radical (unpaired) electrons. The minimum atomic E-state index is -0.190. The van der Waals surface area contributed by atoms with E-state index in [9.17, 15) is 9.59 Å². The van der Waals surface area contributed by atoms with Crippen molar-refractivity contribution in [2.45, 2.75) is 32.6 Å². The fourth-order valence-corrected chi connectivity index (χ4v) is 6.51. The van der Waals surface area contributed by atoms with Gasteiger partial charge in [-0.25, -0.2) is 4.99 Å². The molecule has 2 saturated heterocycles. The average Bonchev–Trinajstić information content (AvgIpc) is 3.56. The van der Waals surface area contributed by atoms with E-state index in [4.69, 9.17) is 21.3 Å². The van der Waals surface area contributed by atoms with Gasteiger partial charge in [0.2, 0.25) is 11.8 Å². The molecule has 3 aliphatic rings. The Labute approximate surface area is 271 Å². The van der Waals surface area contributed by atoms with Gasteiger partial charge in [-0.05, 0) is 68.5 Å². The molecule has 0 spiro atoms. The van der Waals surface area contributed by atoms with Crippen LogP contribution < -0.4 is 16.0 Å². The zero-order chi connectivity index (χ0) is 32.6. The van der Waals surface area contributed by atoms with Crippen LogP contribution >= 0.6 is 0 Å². The number of hydrogen-bond donors (Lipinski definition) is 4. The molecule has 5 N–H and O–H groups in total. The Hall–Kier alpha value is -4.35. The van der Waals surface area contributed by atoms with Gasteiger partial charge < -0.3 is 31.0 Å². The number of nitrogens with one attached hydrogen (secondary N) is 3. The SMILES string of the molecule is CCN(C(=O)[C@@H]1CCN(CC(=O)N2CC=C(c3ccc(C(=N)/N=C\NC)cc3)CC2)C1)c1ccc(N)c(C(=N)C2CCOCC2)c1. The number of aliphatic imine (C=N–C) groups is 1. The van der Waals surface area contributed by atoms with Crippen LogP contribution in [0.2, 0.25) is 0 Å². The summed E-state index contributed by atoms with van der Waals surface area (Å²) < 4.78 is 5.47. The van der Waals surface area contributed by atoms with Gasteiger partial charge >= 0.3 is 0 Å². The highest BCUT2D eigenvalue weighted by molar-refractivity contribution is 6.06. The first kappa shape index (κ1) is 33.0. The molecule has 0 aliphatic carbocycles. The first-order valence-electron chi connectivity index (χ1n) is 16.2. The van der Waals surface area contributed by atoms with Crippen LogP contribution in [0.15, 0.2) is 53.5 Å². The maximum atomic E-state index is 13.7. The second-order valence-corrected chi connectivity index (χ2v) is 12.2. The first-order chi connectivity index (χ1) is 22.3. The van der Waals surface area contributed by atoms with Gasteiger partial charge in [-0.3, -0.25) is 19.9 Å². The third-order valence-corrected chi connectivity index (χ3v) is 9.24. The molecule has 0 saturated carbocycles. The minimum absolute atomic E-state index is 0.0475. The number of likely N-dealkylation sites (tertiary alicyclic amines) is 1. The van der Waals surface area contributed by atoms with E-state index in [0.717, 1.165) is 36.1 Å². The number of rotatable bonds is 10. The van der Waals surface area contributed by atoms with Crippen molar-refractivity contribution in [2.24, 2.45) is 16.8 Å². The van der Waals surface area contributed by atoms with Crippen molar-refractivity contribution in [1.29, 1.82) is 10.8 Å². The zero-order valence-corrected chi connectivity index (χ0v) is 26.9. The first-order valence-corrected chi connectivity index (χ1v) is 16.2. The molecule has 5 rings (SSSR count). The third kappa shape index (κ3) is 7.71. The van der Waals surface area contributed by atoms with Crippen molar-refractivity contribution in [3.05, 3.63) is 65.2 Å². The molecule has 1 atom stereocenters. The maximum Gasteiger partial charge on any atom is 0.237 e. The summed E-state index contributed by atoms with van der Waals surface area (Å²) in [5.41, 5.74) is 11.9. The Balaban J connectivity index is 1.14. The molecule has 2 aromatic rings. The molecule has 3 heterocycles. The number of carbonyl (C=O) groups is 2. The Morgan fingerprint density at radius 2 is 1.85 bits per heavy atom. The van der Waals surface area contributed by atoms with E-state index in [1.807, 2.05) is 48.2 Å². The van der Waals surface area contributed by atoms with E-state index in [1.54, 1.807) is 18.0 Å². The molecule has 0 bridgehead atoms. The highest BCUT2D eigenvalue weighted by Crippen LogP contribution is 2.30. The summed E-state index contributed by atoms with van der Waals surface area (Å²) in [5.74, 6) is 0.246. The number of anilines is 2. The molecule has 46 heavy (non-hydrogen) atoms. The summed E-state index contributed by atoms with van der Waals surface area (Å²) in [6.07, 6.45) is 6.69. The van der Waals surface area contributed by atoms with Crippen LogP contribution in [-0.4, -0.2) is 99.0 Å². The summed E-state index contributed by atoms with van der Waals surface area (Å²) in [6, 6.07) is 13.4. The molecule has 11 heteroatoms. The standard InChI is InChI=1S/C35H46N8O3/c1-3-43(29-8-9-31(36)30(20-29)33(37)26-13-18-46-19-14-26)35(45)28-10-15-41(21-28)22-32(44)42-16-11-25(12-17-42)24-4-6-27(7-5-24)34(38)40-23-39-2/h4-9,11,20,23,26,28,37H,3,10,12-19,21-22,36H2,1-2H3,(H2,38,39,40)/t28-/m1/s1. The normalized spacial score (nSPS) is 19.2. The second-order valence-electron chi connectivity index (χ2n) is 12.2. The van der Waals surface area contributed by atoms with Gasteiger partial charge in [0.15, 0.2) is 5.84 Å². The maximum absolute atomic E-state index is 13.7. The quantitative estimate of drug-likeness (QED) is 0.180. The molecular formula is C35H46N8O3. The predicted octanol–water partition coefficient (Wildman–Crippen LogP) is 3.63. The van der Waals surface area contributed by atoms with Crippen molar-refractivity contribution in [3.8, 4) is 0 Å². The Morgan fingerprint density at radius 1 is 1.09 bits per heavy atom. The fourth-order valence-electron chi connectivity index (χ4n) is 6.51. The monoisotopic (exact) mass is 626 g/mol. The van der Waals surface area contributed by atoms with Crippen LogP contribution in [-0.2, 0) is 14.3 Å². The number of nitrogen functional groups attached to an aromatic ring is 1. The number of hydrogen-bond acceptors (Lipinski definition) is 7. The molecule has 0 unspecified atom stereocenters. The number of carbonyl (C=O) groups excluding carboxylic acids is 2. The van der Waals surface area contributed by atoms with Crippen molar-refractivity contribution in [2.75, 3.05) is 70.2 Å². The van der Waals surface area contributed by atoms with Gasteiger partial charge in [0.25, 0.3) is 0 Å². The lowest BCUT2D eigenvalue weighted by Gasteiger charge is -2.29. The Bertz CT molecular complexity index is 1500. The predicted molar refractivity (Wildman–Crippen MR) is 184 cm³/mol. The molecule has 0 aromatic heterocycles. The van der Waals surface area contributed by atoms with E-state index >= 15 is 0 Å². The van der Waals surface area contributed by atoms with Crippen LogP contribution in [0.5, 0.6) is 0 Å². The Kier molecular flexibility index (Phi) is 11.0. The summed E-state index contributed by atoms with van der Waals surface area (Å²) in [6.45, 7) is 6.54. The number of nitrogens with two attached hydrogens (primary N) is 1. The molecule has 11 nitrogen and oxygen atoms in total. The van der Waals surface area contributed by atoms with Gasteiger partial charge in [-0.2, -0.15) is 0 Å². The lowest BCUT2D eigenvalue weighted by atomic mass is 9.89. The van der Waals surface area contributed by atoms with Crippen LogP contribution in [0, 0.1) is 22.7 Å². The van der Waals surface area contributed by atoms with E-state index in [2.05, 4.69) is 21.3 Å². The van der Waals surface area contributed by atoms with E-state index in [-0.39, 0.29) is 29.5 Å². The van der Waals surface area contributed by atoms with Crippen molar-refractivity contribution < 1.29 is 14.3 Å². The average molecular weight is 627 g/mol. The Morgan fingerprint density at radius 3 is 2.52 bits per heavy atom. The highest BCUT2D eigenvalue weighted by Gasteiger charge is 2.33.